The lowest BCUT2D eigenvalue weighted by Crippen LogP contribution is -2.17. The van der Waals surface area contributed by atoms with Crippen LogP contribution in [-0.2, 0) is 5.41 Å². The normalized spacial score (nSPS) is 12.9. The van der Waals surface area contributed by atoms with Crippen molar-refractivity contribution in [3.63, 3.8) is 0 Å². The van der Waals surface area contributed by atoms with Crippen molar-refractivity contribution in [2.24, 2.45) is 0 Å². The molecule has 288 valence electrons. The molecule has 0 N–H and O–H groups in total. The predicted octanol–water partition coefficient (Wildman–Crippen LogP) is 16.7. The van der Waals surface area contributed by atoms with E-state index in [9.17, 15) is 0 Å². The first-order valence-corrected chi connectivity index (χ1v) is 21.3. The van der Waals surface area contributed by atoms with Crippen LogP contribution in [0.25, 0.3) is 65.0 Å². The molecule has 0 spiro atoms. The van der Waals surface area contributed by atoms with E-state index in [0.29, 0.717) is 0 Å². The maximum Gasteiger partial charge on any atom is 0.0540 e. The van der Waals surface area contributed by atoms with Gasteiger partial charge in [0.1, 0.15) is 0 Å². The average molecular weight is 779 g/mol. The van der Waals surface area contributed by atoms with Crippen LogP contribution in [0.3, 0.4) is 0 Å². The van der Waals surface area contributed by atoms with E-state index in [1.54, 1.807) is 0 Å². The average Bonchev–Trinajstić information content (AvgIpc) is 3.55. The van der Waals surface area contributed by atoms with Gasteiger partial charge in [0.05, 0.1) is 5.69 Å². The Kier molecular flexibility index (Phi) is 7.92. The van der Waals surface area contributed by atoms with Gasteiger partial charge in [-0.1, -0.05) is 166 Å². The smallest absolute Gasteiger partial charge is 0.0540 e. The highest BCUT2D eigenvalue weighted by Gasteiger charge is 2.39. The number of nitrogens with zero attached hydrogens (tertiary/aromatic N) is 2. The highest BCUT2D eigenvalue weighted by molar-refractivity contribution is 6.19. The minimum absolute atomic E-state index is 0.276. The molecular weight excluding hydrogens is 737 g/mol. The van der Waals surface area contributed by atoms with E-state index < -0.39 is 0 Å². The number of anilines is 6. The molecule has 0 amide bonds. The van der Waals surface area contributed by atoms with E-state index >= 15 is 0 Å². The summed E-state index contributed by atoms with van der Waals surface area (Å²) < 4.78 is 0. The third-order valence-corrected chi connectivity index (χ3v) is 13.1. The van der Waals surface area contributed by atoms with E-state index in [-0.39, 0.29) is 5.41 Å². The van der Waals surface area contributed by atoms with Crippen molar-refractivity contribution < 1.29 is 0 Å². The lowest BCUT2D eigenvalue weighted by molar-refractivity contribution is 0.666. The minimum Gasteiger partial charge on any atom is -0.310 e. The van der Waals surface area contributed by atoms with Crippen molar-refractivity contribution in [2.75, 3.05) is 9.80 Å². The zero-order chi connectivity index (χ0) is 40.7. The van der Waals surface area contributed by atoms with Gasteiger partial charge in [0.2, 0.25) is 0 Å². The van der Waals surface area contributed by atoms with Crippen LogP contribution in [0.1, 0.15) is 25.0 Å². The Morgan fingerprint density at radius 2 is 0.836 bits per heavy atom. The second kappa shape index (κ2) is 13.7. The van der Waals surface area contributed by atoms with Crippen molar-refractivity contribution >= 4 is 88.0 Å². The van der Waals surface area contributed by atoms with Crippen LogP contribution < -0.4 is 9.80 Å². The van der Waals surface area contributed by atoms with Gasteiger partial charge in [-0.25, -0.2) is 0 Å². The van der Waals surface area contributed by atoms with Gasteiger partial charge in [-0.05, 0) is 137 Å². The fourth-order valence-electron chi connectivity index (χ4n) is 10.3. The third kappa shape index (κ3) is 5.56. The Balaban J connectivity index is 1.06. The minimum atomic E-state index is -0.276. The molecule has 1 aliphatic carbocycles. The van der Waals surface area contributed by atoms with E-state index in [1.807, 2.05) is 0 Å². The Hall–Kier alpha value is -7.68. The highest BCUT2D eigenvalue weighted by Crippen LogP contribution is 2.56. The lowest BCUT2D eigenvalue weighted by Gasteiger charge is -2.29. The zero-order valence-electron chi connectivity index (χ0n) is 34.2. The number of para-hydroxylation sites is 1. The standard InChI is InChI=1S/C59H42N2/c1-59(2)55-38-48(61(44-21-4-3-5-22-44)56-26-14-20-41-17-10-11-23-49(41)56)32-34-53(55)57-51-25-13-12-24-50(51)54-37-47(31-33-52(54)58(57)59)60(45-29-27-39-15-6-8-18-42(39)35-45)46-30-28-40-16-7-9-19-43(40)36-46/h3-38H,1-2H3. The van der Waals surface area contributed by atoms with Crippen molar-refractivity contribution in [3.05, 3.63) is 230 Å². The largest absolute Gasteiger partial charge is 0.310 e. The van der Waals surface area contributed by atoms with Gasteiger partial charge in [0.25, 0.3) is 0 Å². The van der Waals surface area contributed by atoms with E-state index in [2.05, 4.69) is 242 Å². The summed E-state index contributed by atoms with van der Waals surface area (Å²) in [5, 5.41) is 12.5. The van der Waals surface area contributed by atoms with Gasteiger partial charge in [0.15, 0.2) is 0 Å². The maximum atomic E-state index is 2.46. The number of rotatable bonds is 6. The Morgan fingerprint density at radius 1 is 0.311 bits per heavy atom. The number of hydrogen-bond acceptors (Lipinski definition) is 2. The lowest BCUT2D eigenvalue weighted by atomic mass is 9.79. The van der Waals surface area contributed by atoms with E-state index in [1.165, 1.54) is 81.8 Å². The summed E-state index contributed by atoms with van der Waals surface area (Å²) in [6.07, 6.45) is 0. The summed E-state index contributed by atoms with van der Waals surface area (Å²) in [6, 6.07) is 80.4. The Bertz CT molecular complexity index is 3440. The predicted molar refractivity (Wildman–Crippen MR) is 261 cm³/mol. The van der Waals surface area contributed by atoms with Crippen molar-refractivity contribution in [1.82, 2.24) is 0 Å². The van der Waals surface area contributed by atoms with Crippen molar-refractivity contribution in [1.29, 1.82) is 0 Å². The quantitative estimate of drug-likeness (QED) is 0.155. The van der Waals surface area contributed by atoms with Gasteiger partial charge in [-0.3, -0.25) is 0 Å². The van der Waals surface area contributed by atoms with Crippen molar-refractivity contribution in [2.45, 2.75) is 19.3 Å². The van der Waals surface area contributed by atoms with Crippen molar-refractivity contribution in [3.8, 4) is 11.1 Å². The SMILES string of the molecule is CC1(C)c2cc(N(c3ccccc3)c3cccc4ccccc34)ccc2-c2c1c1ccc(N(c3ccc4ccccc4c3)c3ccc4ccccc4c3)cc1c1ccccc21. The molecule has 0 heterocycles. The molecule has 12 rings (SSSR count). The summed E-state index contributed by atoms with van der Waals surface area (Å²) in [5.74, 6) is 0. The second-order valence-corrected chi connectivity index (χ2v) is 16.9. The van der Waals surface area contributed by atoms with Crippen LogP contribution in [0.4, 0.5) is 34.1 Å². The summed E-state index contributed by atoms with van der Waals surface area (Å²) >= 11 is 0. The summed E-state index contributed by atoms with van der Waals surface area (Å²) in [7, 11) is 0. The first-order chi connectivity index (χ1) is 30.0. The Labute approximate surface area is 356 Å². The van der Waals surface area contributed by atoms with Crippen LogP contribution in [0.5, 0.6) is 0 Å². The molecule has 2 nitrogen and oxygen atoms in total. The first-order valence-electron chi connectivity index (χ1n) is 21.3. The number of hydrogen-bond donors (Lipinski definition) is 0. The fraction of sp³-hybridized carbons (Fsp3) is 0.0508. The fourth-order valence-corrected chi connectivity index (χ4v) is 10.3. The zero-order valence-corrected chi connectivity index (χ0v) is 34.2. The number of fused-ring (bicyclic) bond motifs is 11. The molecule has 0 saturated heterocycles. The first kappa shape index (κ1) is 35.3. The van der Waals surface area contributed by atoms with Gasteiger partial charge >= 0.3 is 0 Å². The van der Waals surface area contributed by atoms with Gasteiger partial charge in [0, 0.05) is 39.2 Å². The van der Waals surface area contributed by atoms with Gasteiger partial charge in [-0.15, -0.1) is 0 Å². The number of benzene rings is 11. The molecule has 0 atom stereocenters. The summed E-state index contributed by atoms with van der Waals surface area (Å²) in [5.41, 5.74) is 12.0. The van der Waals surface area contributed by atoms with Crippen LogP contribution in [0, 0.1) is 0 Å². The molecule has 0 fully saturated rings. The molecule has 11 aromatic rings. The second-order valence-electron chi connectivity index (χ2n) is 16.9. The monoisotopic (exact) mass is 778 g/mol. The molecule has 0 saturated carbocycles. The van der Waals surface area contributed by atoms with Gasteiger partial charge < -0.3 is 9.80 Å². The van der Waals surface area contributed by atoms with Crippen LogP contribution in [0.15, 0.2) is 218 Å². The van der Waals surface area contributed by atoms with Crippen LogP contribution >= 0.6 is 0 Å². The highest BCUT2D eigenvalue weighted by atomic mass is 15.1. The molecule has 0 unspecified atom stereocenters. The molecule has 2 heteroatoms. The maximum absolute atomic E-state index is 2.46. The molecule has 61 heavy (non-hydrogen) atoms. The molecule has 0 aromatic heterocycles. The topological polar surface area (TPSA) is 6.48 Å². The van der Waals surface area contributed by atoms with E-state index in [0.717, 1.165) is 28.4 Å². The molecule has 0 bridgehead atoms. The summed E-state index contributed by atoms with van der Waals surface area (Å²) in [4.78, 5) is 4.86. The Morgan fingerprint density at radius 3 is 1.54 bits per heavy atom. The molecule has 0 radical (unpaired) electrons. The molecule has 1 aliphatic rings. The molecular formula is C59H42N2. The van der Waals surface area contributed by atoms with E-state index in [4.69, 9.17) is 0 Å². The third-order valence-electron chi connectivity index (χ3n) is 13.1. The summed E-state index contributed by atoms with van der Waals surface area (Å²) in [6.45, 7) is 4.84. The van der Waals surface area contributed by atoms with Crippen LogP contribution in [0.2, 0.25) is 0 Å². The molecule has 11 aromatic carbocycles. The van der Waals surface area contributed by atoms with Crippen LogP contribution in [-0.4, -0.2) is 0 Å². The van der Waals surface area contributed by atoms with Gasteiger partial charge in [-0.2, -0.15) is 0 Å². The molecule has 0 aliphatic heterocycles.